The molecule has 0 fully saturated rings. The van der Waals surface area contributed by atoms with Gasteiger partial charge in [-0.2, -0.15) is 0 Å². The van der Waals surface area contributed by atoms with Crippen molar-refractivity contribution in [3.8, 4) is 0 Å². The van der Waals surface area contributed by atoms with Crippen LogP contribution in [0.15, 0.2) is 0 Å². The van der Waals surface area contributed by atoms with Crippen LogP contribution < -0.4 is 5.73 Å². The molecule has 0 spiro atoms. The van der Waals surface area contributed by atoms with Crippen molar-refractivity contribution in [2.24, 2.45) is 5.73 Å². The van der Waals surface area contributed by atoms with E-state index in [4.69, 9.17) is 5.73 Å². The third-order valence-electron chi connectivity index (χ3n) is 0.752. The van der Waals surface area contributed by atoms with Gasteiger partial charge in [0.1, 0.15) is 4.83 Å². The number of carbonyl (C=O) groups is 2. The third-order valence-corrected chi connectivity index (χ3v) is 1.45. The molecule has 2 radical (unpaired) electrons. The van der Waals surface area contributed by atoms with Gasteiger partial charge in [0.2, 0.25) is 5.91 Å². The molecule has 0 aromatic carbocycles. The van der Waals surface area contributed by atoms with E-state index in [1.54, 1.807) is 0 Å². The first kappa shape index (κ1) is 9.48. The van der Waals surface area contributed by atoms with Crippen LogP contribution in [0.3, 0.4) is 0 Å². The number of hydrogen-bond acceptors (Lipinski definition) is 3. The molecular weight excluding hydrogens is 201 g/mol. The van der Waals surface area contributed by atoms with Crippen molar-refractivity contribution in [3.63, 3.8) is 0 Å². The van der Waals surface area contributed by atoms with Gasteiger partial charge in [0.05, 0.1) is 0 Å². The molecule has 1 atom stereocenters. The highest BCUT2D eigenvalue weighted by atomic mass is 79.9. The van der Waals surface area contributed by atoms with Crippen LogP contribution in [0, 0.1) is 0 Å². The van der Waals surface area contributed by atoms with Crippen LogP contribution in [0.2, 0.25) is 0 Å². The summed E-state index contributed by atoms with van der Waals surface area (Å²) in [6.45, 7) is 0. The molecule has 0 saturated heterocycles. The number of nitrogens with two attached hydrogens (primary N) is 1. The average molecular weight is 206 g/mol. The predicted octanol–water partition coefficient (Wildman–Crippen LogP) is -0.748. The van der Waals surface area contributed by atoms with Crippen molar-refractivity contribution in [3.05, 3.63) is 0 Å². The molecule has 0 aliphatic heterocycles. The van der Waals surface area contributed by atoms with Crippen LogP contribution in [-0.4, -0.2) is 24.8 Å². The second kappa shape index (κ2) is 4.32. The van der Waals surface area contributed by atoms with Crippen LogP contribution in [-0.2, 0) is 14.2 Å². The Balaban J connectivity index is 3.72. The number of carbonyl (C=O) groups excluding carboxylic acids is 2. The summed E-state index contributed by atoms with van der Waals surface area (Å²) in [6.07, 6.45) is -0.115. The summed E-state index contributed by atoms with van der Waals surface area (Å²) in [5, 5.41) is 0. The van der Waals surface area contributed by atoms with Gasteiger partial charge in [-0.3, -0.25) is 9.59 Å². The summed E-state index contributed by atoms with van der Waals surface area (Å²) in [5.74, 6) is -1.30. The van der Waals surface area contributed by atoms with Gasteiger partial charge >= 0.3 is 14.0 Å². The highest BCUT2D eigenvalue weighted by Crippen LogP contribution is 2.05. The molecule has 0 bridgehead atoms. The summed E-state index contributed by atoms with van der Waals surface area (Å²) < 4.78 is 3.82. The van der Waals surface area contributed by atoms with Crippen molar-refractivity contribution in [1.29, 1.82) is 0 Å². The normalized spacial score (nSPS) is 12.1. The molecular formula is C4H5BBrNO3. The predicted molar refractivity (Wildman–Crippen MR) is 38.4 cm³/mol. The lowest BCUT2D eigenvalue weighted by Crippen LogP contribution is -2.23. The van der Waals surface area contributed by atoms with E-state index in [0.29, 0.717) is 0 Å². The molecule has 0 unspecified atom stereocenters. The summed E-state index contributed by atoms with van der Waals surface area (Å²) in [7, 11) is 4.52. The van der Waals surface area contributed by atoms with E-state index >= 15 is 0 Å². The molecule has 54 valence electrons. The van der Waals surface area contributed by atoms with Gasteiger partial charge in [-0.05, 0) is 0 Å². The van der Waals surface area contributed by atoms with Crippen molar-refractivity contribution >= 4 is 35.9 Å². The van der Waals surface area contributed by atoms with Gasteiger partial charge in [0.15, 0.2) is 0 Å². The van der Waals surface area contributed by atoms with Gasteiger partial charge in [-0.1, -0.05) is 15.9 Å². The van der Waals surface area contributed by atoms with Gasteiger partial charge in [0.25, 0.3) is 0 Å². The first-order valence-corrected chi connectivity index (χ1v) is 3.32. The Morgan fingerprint density at radius 3 is 2.50 bits per heavy atom. The Hall–Kier alpha value is -0.515. The monoisotopic (exact) mass is 205 g/mol. The fraction of sp³-hybridized carbons (Fsp3) is 0.500. The van der Waals surface area contributed by atoms with Gasteiger partial charge in [0, 0.05) is 6.42 Å². The number of hydrogen-bond donors (Lipinski definition) is 1. The second-order valence-electron chi connectivity index (χ2n) is 1.57. The van der Waals surface area contributed by atoms with Crippen LogP contribution >= 0.6 is 15.9 Å². The molecule has 0 aliphatic carbocycles. The maximum absolute atomic E-state index is 10.4. The Labute approximate surface area is 67.7 Å². The van der Waals surface area contributed by atoms with Crippen molar-refractivity contribution in [2.75, 3.05) is 0 Å². The van der Waals surface area contributed by atoms with Crippen molar-refractivity contribution < 1.29 is 14.2 Å². The fourth-order valence-electron chi connectivity index (χ4n) is 0.334. The topological polar surface area (TPSA) is 69.4 Å². The number of rotatable bonds is 3. The number of primary amides is 1. The molecule has 4 nitrogen and oxygen atoms in total. The van der Waals surface area contributed by atoms with Crippen molar-refractivity contribution in [2.45, 2.75) is 11.2 Å². The van der Waals surface area contributed by atoms with Crippen LogP contribution in [0.4, 0.5) is 0 Å². The smallest absolute Gasteiger partial charge is 0.378 e. The summed E-state index contributed by atoms with van der Waals surface area (Å²) in [5.41, 5.74) is 4.77. The molecule has 0 heterocycles. The molecule has 0 aliphatic rings. The van der Waals surface area contributed by atoms with E-state index in [1.807, 2.05) is 0 Å². The zero-order chi connectivity index (χ0) is 8.15. The Morgan fingerprint density at radius 1 is 1.70 bits per heavy atom. The number of halogens is 1. The number of amides is 1. The van der Waals surface area contributed by atoms with Crippen LogP contribution in [0.1, 0.15) is 6.42 Å². The summed E-state index contributed by atoms with van der Waals surface area (Å²) in [4.78, 5) is 19.9. The Bertz CT molecular complexity index is 151. The minimum absolute atomic E-state index is 0.115. The first-order valence-electron chi connectivity index (χ1n) is 2.41. The van der Waals surface area contributed by atoms with Crippen molar-refractivity contribution in [1.82, 2.24) is 0 Å². The highest BCUT2D eigenvalue weighted by molar-refractivity contribution is 9.10. The SMILES string of the molecule is [B]OC(=O)[C@H](Br)CC(N)=O. The molecule has 1 amide bonds. The summed E-state index contributed by atoms with van der Waals surface area (Å²) >= 11 is 2.85. The molecule has 0 saturated carbocycles. The zero-order valence-electron chi connectivity index (χ0n) is 5.04. The van der Waals surface area contributed by atoms with Gasteiger partial charge in [-0.15, -0.1) is 0 Å². The minimum Gasteiger partial charge on any atom is -0.543 e. The molecule has 6 heteroatoms. The van der Waals surface area contributed by atoms with E-state index in [2.05, 4.69) is 28.6 Å². The van der Waals surface area contributed by atoms with E-state index in [0.717, 1.165) is 0 Å². The van der Waals surface area contributed by atoms with Gasteiger partial charge in [-0.25, -0.2) is 0 Å². The standard InChI is InChI=1S/C4H5BBrNO3/c5-10-4(9)2(6)1-3(7)8/h2H,1H2,(H2,7,8)/t2-/m1/s1. The fourth-order valence-corrected chi connectivity index (χ4v) is 0.761. The van der Waals surface area contributed by atoms with E-state index < -0.39 is 16.7 Å². The molecule has 10 heavy (non-hydrogen) atoms. The largest absolute Gasteiger partial charge is 0.543 e. The number of alkyl halides is 1. The lowest BCUT2D eigenvalue weighted by molar-refractivity contribution is -0.134. The first-order chi connectivity index (χ1) is 4.57. The van der Waals surface area contributed by atoms with Crippen LogP contribution in [0.5, 0.6) is 0 Å². The quantitative estimate of drug-likeness (QED) is 0.487. The maximum Gasteiger partial charge on any atom is 0.378 e. The molecule has 0 rings (SSSR count). The second-order valence-corrected chi connectivity index (χ2v) is 2.68. The molecule has 2 N–H and O–H groups in total. The van der Waals surface area contributed by atoms with Crippen LogP contribution in [0.25, 0.3) is 0 Å². The molecule has 0 aromatic rings. The minimum atomic E-state index is -0.741. The maximum atomic E-state index is 10.4. The zero-order valence-corrected chi connectivity index (χ0v) is 6.63. The van der Waals surface area contributed by atoms with E-state index in [1.165, 1.54) is 0 Å². The third kappa shape index (κ3) is 3.50. The highest BCUT2D eigenvalue weighted by Gasteiger charge is 2.16. The molecule has 0 aromatic heterocycles. The lowest BCUT2D eigenvalue weighted by Gasteiger charge is -2.03. The summed E-state index contributed by atoms with van der Waals surface area (Å²) in [6, 6.07) is 0. The average Bonchev–Trinajstić information content (AvgIpc) is 1.85. The van der Waals surface area contributed by atoms with Gasteiger partial charge < -0.3 is 10.4 Å². The lowest BCUT2D eigenvalue weighted by atomic mass is 10.3. The van der Waals surface area contributed by atoms with E-state index in [-0.39, 0.29) is 6.42 Å². The Morgan fingerprint density at radius 2 is 2.20 bits per heavy atom. The van der Waals surface area contributed by atoms with E-state index in [9.17, 15) is 9.59 Å². The Kier molecular flexibility index (Phi) is 4.10.